The van der Waals surface area contributed by atoms with E-state index in [4.69, 9.17) is 4.74 Å². The van der Waals surface area contributed by atoms with Crippen LogP contribution in [0, 0.1) is 5.82 Å². The zero-order chi connectivity index (χ0) is 16.9. The molecule has 0 unspecified atom stereocenters. The Morgan fingerprint density at radius 2 is 2.21 bits per heavy atom. The lowest BCUT2D eigenvalue weighted by Crippen LogP contribution is -2.09. The first-order chi connectivity index (χ1) is 11.5. The SMILES string of the molecule is CCOc1nc2nn(-c3ccc(C4(F)CC4)cc3F)cc2c(=O)[nH]1. The van der Waals surface area contributed by atoms with E-state index < -0.39 is 17.0 Å². The fourth-order valence-electron chi connectivity index (χ4n) is 2.59. The highest BCUT2D eigenvalue weighted by Crippen LogP contribution is 2.49. The number of benzene rings is 1. The number of ether oxygens (including phenoxy) is 1. The third-order valence-corrected chi connectivity index (χ3v) is 4.05. The van der Waals surface area contributed by atoms with Crippen molar-refractivity contribution < 1.29 is 13.5 Å². The number of nitrogens with one attached hydrogen (secondary N) is 1. The molecule has 0 radical (unpaired) electrons. The average molecular weight is 332 g/mol. The Morgan fingerprint density at radius 1 is 1.42 bits per heavy atom. The molecular formula is C16H14F2N4O2. The van der Waals surface area contributed by atoms with Gasteiger partial charge in [0.1, 0.15) is 22.6 Å². The lowest BCUT2D eigenvalue weighted by molar-refractivity contribution is 0.313. The van der Waals surface area contributed by atoms with Crippen molar-refractivity contribution in [2.75, 3.05) is 6.61 Å². The van der Waals surface area contributed by atoms with Crippen molar-refractivity contribution in [3.05, 3.63) is 46.1 Å². The molecule has 1 aliphatic carbocycles. The Kier molecular flexibility index (Phi) is 3.16. The Bertz CT molecular complexity index is 991. The maximum atomic E-state index is 14.4. The van der Waals surface area contributed by atoms with Crippen molar-refractivity contribution in [2.24, 2.45) is 0 Å². The molecule has 0 spiro atoms. The third kappa shape index (κ3) is 2.34. The number of hydrogen-bond acceptors (Lipinski definition) is 4. The van der Waals surface area contributed by atoms with Gasteiger partial charge in [-0.1, -0.05) is 6.07 Å². The second-order valence-electron chi connectivity index (χ2n) is 5.75. The van der Waals surface area contributed by atoms with Crippen LogP contribution >= 0.6 is 0 Å². The van der Waals surface area contributed by atoms with E-state index in [0.29, 0.717) is 25.0 Å². The summed E-state index contributed by atoms with van der Waals surface area (Å²) in [4.78, 5) is 18.6. The largest absolute Gasteiger partial charge is 0.465 e. The molecule has 6 nitrogen and oxygen atoms in total. The fraction of sp³-hybridized carbons (Fsp3) is 0.312. The second kappa shape index (κ2) is 5.12. The number of rotatable bonds is 4. The van der Waals surface area contributed by atoms with Gasteiger partial charge in [0.05, 0.1) is 6.61 Å². The molecule has 2 aromatic heterocycles. The Morgan fingerprint density at radius 3 is 2.88 bits per heavy atom. The Labute approximate surface area is 135 Å². The van der Waals surface area contributed by atoms with Gasteiger partial charge in [-0.2, -0.15) is 4.98 Å². The van der Waals surface area contributed by atoms with E-state index in [-0.39, 0.29) is 22.7 Å². The lowest BCUT2D eigenvalue weighted by Gasteiger charge is -2.08. The Balaban J connectivity index is 1.79. The summed E-state index contributed by atoms with van der Waals surface area (Å²) in [7, 11) is 0. The summed E-state index contributed by atoms with van der Waals surface area (Å²) in [6.45, 7) is 2.10. The third-order valence-electron chi connectivity index (χ3n) is 4.05. The van der Waals surface area contributed by atoms with Crippen LogP contribution in [0.4, 0.5) is 8.78 Å². The topological polar surface area (TPSA) is 72.8 Å². The van der Waals surface area contributed by atoms with Crippen LogP contribution in [0.5, 0.6) is 6.01 Å². The molecule has 1 aromatic carbocycles. The first-order valence-corrected chi connectivity index (χ1v) is 7.62. The lowest BCUT2D eigenvalue weighted by atomic mass is 10.1. The van der Waals surface area contributed by atoms with E-state index in [9.17, 15) is 13.6 Å². The van der Waals surface area contributed by atoms with Gasteiger partial charge in [-0.3, -0.25) is 9.78 Å². The number of fused-ring (bicyclic) bond motifs is 1. The summed E-state index contributed by atoms with van der Waals surface area (Å²) < 4.78 is 34.8. The number of nitrogens with zero attached hydrogens (tertiary/aromatic N) is 3. The molecule has 8 heteroatoms. The predicted molar refractivity (Wildman–Crippen MR) is 82.6 cm³/mol. The molecule has 24 heavy (non-hydrogen) atoms. The highest BCUT2D eigenvalue weighted by Gasteiger charge is 2.45. The minimum absolute atomic E-state index is 0.0594. The summed E-state index contributed by atoms with van der Waals surface area (Å²) in [5.74, 6) is -0.606. The molecule has 1 aliphatic rings. The molecule has 0 bridgehead atoms. The van der Waals surface area contributed by atoms with Crippen molar-refractivity contribution in [2.45, 2.75) is 25.4 Å². The van der Waals surface area contributed by atoms with Crippen molar-refractivity contribution in [3.63, 3.8) is 0 Å². The van der Waals surface area contributed by atoms with Gasteiger partial charge in [-0.25, -0.2) is 13.5 Å². The van der Waals surface area contributed by atoms with Crippen LogP contribution in [0.1, 0.15) is 25.3 Å². The fourth-order valence-corrected chi connectivity index (χ4v) is 2.59. The number of alkyl halides is 1. The molecular weight excluding hydrogens is 318 g/mol. The maximum absolute atomic E-state index is 14.4. The standard InChI is InChI=1S/C16H14F2N4O2/c1-2-24-15-19-13-10(14(23)20-15)8-22(21-13)12-4-3-9(7-11(12)17)16(18)5-6-16/h3-4,7-8H,2,5-6H2,1H3,(H,19,20,21,23). The van der Waals surface area contributed by atoms with Gasteiger partial charge in [0.25, 0.3) is 11.6 Å². The summed E-state index contributed by atoms with van der Waals surface area (Å²) in [6, 6.07) is 4.23. The summed E-state index contributed by atoms with van der Waals surface area (Å²) in [5.41, 5.74) is -1.23. The number of aromatic nitrogens is 4. The molecule has 0 amide bonds. The van der Waals surface area contributed by atoms with Crippen molar-refractivity contribution in [3.8, 4) is 11.7 Å². The van der Waals surface area contributed by atoms with Gasteiger partial charge in [0.15, 0.2) is 5.65 Å². The molecule has 0 saturated heterocycles. The number of aromatic amines is 1. The van der Waals surface area contributed by atoms with Crippen molar-refractivity contribution >= 4 is 11.0 Å². The Hall–Kier alpha value is -2.77. The van der Waals surface area contributed by atoms with Crippen LogP contribution in [-0.2, 0) is 5.67 Å². The van der Waals surface area contributed by atoms with Crippen LogP contribution in [0.3, 0.4) is 0 Å². The summed E-state index contributed by atoms with van der Waals surface area (Å²) in [6.07, 6.45) is 2.21. The molecule has 1 N–H and O–H groups in total. The van der Waals surface area contributed by atoms with E-state index in [1.807, 2.05) is 0 Å². The van der Waals surface area contributed by atoms with Crippen LogP contribution < -0.4 is 10.3 Å². The molecule has 124 valence electrons. The zero-order valence-electron chi connectivity index (χ0n) is 12.8. The summed E-state index contributed by atoms with van der Waals surface area (Å²) >= 11 is 0. The average Bonchev–Trinajstić information content (AvgIpc) is 3.15. The van der Waals surface area contributed by atoms with Gasteiger partial charge in [0, 0.05) is 6.20 Å². The highest BCUT2D eigenvalue weighted by molar-refractivity contribution is 5.73. The van der Waals surface area contributed by atoms with Gasteiger partial charge in [0.2, 0.25) is 0 Å². The highest BCUT2D eigenvalue weighted by atomic mass is 19.1. The first kappa shape index (κ1) is 14.8. The van der Waals surface area contributed by atoms with Crippen LogP contribution in [-0.4, -0.2) is 26.4 Å². The summed E-state index contributed by atoms with van der Waals surface area (Å²) in [5, 5.41) is 4.34. The van der Waals surface area contributed by atoms with Crippen molar-refractivity contribution in [1.29, 1.82) is 0 Å². The van der Waals surface area contributed by atoms with Gasteiger partial charge < -0.3 is 4.74 Å². The molecule has 4 rings (SSSR count). The maximum Gasteiger partial charge on any atom is 0.298 e. The number of hydrogen-bond donors (Lipinski definition) is 1. The van der Waals surface area contributed by atoms with Gasteiger partial charge in [-0.15, -0.1) is 5.10 Å². The van der Waals surface area contributed by atoms with E-state index in [1.54, 1.807) is 13.0 Å². The first-order valence-electron chi connectivity index (χ1n) is 7.62. The number of halogens is 2. The van der Waals surface area contributed by atoms with Gasteiger partial charge >= 0.3 is 0 Å². The minimum Gasteiger partial charge on any atom is -0.465 e. The monoisotopic (exact) mass is 332 g/mol. The van der Waals surface area contributed by atoms with E-state index in [1.165, 1.54) is 23.0 Å². The second-order valence-corrected chi connectivity index (χ2v) is 5.75. The van der Waals surface area contributed by atoms with E-state index in [2.05, 4.69) is 15.1 Å². The smallest absolute Gasteiger partial charge is 0.298 e. The number of H-pyrrole nitrogens is 1. The zero-order valence-corrected chi connectivity index (χ0v) is 12.8. The molecule has 0 atom stereocenters. The molecule has 2 heterocycles. The molecule has 1 saturated carbocycles. The molecule has 3 aromatic rings. The normalized spacial score (nSPS) is 15.6. The quantitative estimate of drug-likeness (QED) is 0.797. The predicted octanol–water partition coefficient (Wildman–Crippen LogP) is 2.61. The van der Waals surface area contributed by atoms with Crippen molar-refractivity contribution in [1.82, 2.24) is 19.7 Å². The van der Waals surface area contributed by atoms with E-state index in [0.717, 1.165) is 0 Å². The van der Waals surface area contributed by atoms with Crippen LogP contribution in [0.25, 0.3) is 16.7 Å². The van der Waals surface area contributed by atoms with Gasteiger partial charge in [-0.05, 0) is 37.5 Å². The van der Waals surface area contributed by atoms with E-state index >= 15 is 0 Å². The van der Waals surface area contributed by atoms with Crippen LogP contribution in [0.15, 0.2) is 29.2 Å². The molecule has 0 aliphatic heterocycles. The molecule has 1 fully saturated rings. The van der Waals surface area contributed by atoms with Crippen LogP contribution in [0.2, 0.25) is 0 Å². The minimum atomic E-state index is -1.40.